The Hall–Kier alpha value is -3.20. The van der Waals surface area contributed by atoms with Crippen LogP contribution < -0.4 is 21.3 Å². The van der Waals surface area contributed by atoms with E-state index in [1.165, 1.54) is 11.0 Å². The summed E-state index contributed by atoms with van der Waals surface area (Å²) in [5.74, 6) is -0.0488. The molecule has 2 aliphatic rings. The van der Waals surface area contributed by atoms with E-state index < -0.39 is 23.9 Å². The van der Waals surface area contributed by atoms with Gasteiger partial charge in [-0.15, -0.1) is 0 Å². The van der Waals surface area contributed by atoms with E-state index >= 15 is 0 Å². The molecule has 2 aromatic rings. The molecule has 2 amide bonds. The summed E-state index contributed by atoms with van der Waals surface area (Å²) in [5, 5.41) is 0. The number of pyridine rings is 1. The number of anilines is 2. The minimum absolute atomic E-state index is 0.131. The maximum atomic E-state index is 14.9. The Kier molecular flexibility index (Phi) is 6.03. The number of benzene rings is 1. The third-order valence-corrected chi connectivity index (χ3v) is 5.77. The first-order valence-electron chi connectivity index (χ1n) is 10.4. The van der Waals surface area contributed by atoms with Crippen molar-refractivity contribution < 1.29 is 18.7 Å². The standard InChI is InChI=1S/C22H26FN5O3/c23-19-11-16(28-13-17(31-22(28)30)3-5-20(25)29)2-4-18(19)14-1-6-21(26-12-14)27-9-7-15(24)8-10-27/h1-2,4,6,11-12,15,17H,3,5,7-10,13,24H2,(H2,25,29). The van der Waals surface area contributed by atoms with Crippen LogP contribution in [0.4, 0.5) is 20.7 Å². The van der Waals surface area contributed by atoms with Crippen molar-refractivity contribution in [2.45, 2.75) is 37.8 Å². The molecule has 2 saturated heterocycles. The van der Waals surface area contributed by atoms with E-state index in [1.54, 1.807) is 18.3 Å². The number of piperidine rings is 1. The number of rotatable bonds is 6. The molecule has 31 heavy (non-hydrogen) atoms. The largest absolute Gasteiger partial charge is 0.444 e. The van der Waals surface area contributed by atoms with Gasteiger partial charge < -0.3 is 21.1 Å². The fourth-order valence-electron chi connectivity index (χ4n) is 3.95. The van der Waals surface area contributed by atoms with Crippen molar-refractivity contribution in [2.75, 3.05) is 29.4 Å². The van der Waals surface area contributed by atoms with Crippen molar-refractivity contribution in [2.24, 2.45) is 11.5 Å². The average molecular weight is 427 g/mol. The lowest BCUT2D eigenvalue weighted by molar-refractivity contribution is -0.118. The zero-order valence-electron chi connectivity index (χ0n) is 17.2. The normalized spacial score (nSPS) is 19.5. The van der Waals surface area contributed by atoms with Crippen molar-refractivity contribution in [1.29, 1.82) is 0 Å². The average Bonchev–Trinajstić information content (AvgIpc) is 3.13. The Morgan fingerprint density at radius 3 is 2.65 bits per heavy atom. The van der Waals surface area contributed by atoms with Crippen molar-refractivity contribution in [1.82, 2.24) is 4.98 Å². The second-order valence-electron chi connectivity index (χ2n) is 8.02. The van der Waals surface area contributed by atoms with Gasteiger partial charge in [-0.2, -0.15) is 0 Å². The molecular formula is C22H26FN5O3. The molecule has 3 heterocycles. The molecule has 0 spiro atoms. The Morgan fingerprint density at radius 2 is 2.00 bits per heavy atom. The number of halogens is 1. The number of nitrogens with two attached hydrogens (primary N) is 2. The number of ether oxygens (including phenoxy) is 1. The van der Waals surface area contributed by atoms with Crippen LogP contribution in [0.3, 0.4) is 0 Å². The summed E-state index contributed by atoms with van der Waals surface area (Å²) in [6.45, 7) is 1.98. The van der Waals surface area contributed by atoms with Crippen molar-refractivity contribution in [3.8, 4) is 11.1 Å². The van der Waals surface area contributed by atoms with Crippen LogP contribution in [0.15, 0.2) is 36.5 Å². The van der Waals surface area contributed by atoms with Gasteiger partial charge in [0.05, 0.1) is 12.2 Å². The van der Waals surface area contributed by atoms with Crippen LogP contribution in [0.25, 0.3) is 11.1 Å². The predicted octanol–water partition coefficient (Wildman–Crippen LogP) is 2.41. The maximum Gasteiger partial charge on any atom is 0.414 e. The third-order valence-electron chi connectivity index (χ3n) is 5.77. The molecule has 4 N–H and O–H groups in total. The first-order valence-corrected chi connectivity index (χ1v) is 10.4. The van der Waals surface area contributed by atoms with Gasteiger partial charge in [0, 0.05) is 42.9 Å². The van der Waals surface area contributed by atoms with Gasteiger partial charge in [-0.25, -0.2) is 14.2 Å². The van der Waals surface area contributed by atoms with Crippen molar-refractivity contribution in [3.63, 3.8) is 0 Å². The van der Waals surface area contributed by atoms with Crippen LogP contribution in [0, 0.1) is 5.82 Å². The second kappa shape index (κ2) is 8.89. The fraction of sp³-hybridized carbons (Fsp3) is 0.409. The third kappa shape index (κ3) is 4.77. The van der Waals surface area contributed by atoms with E-state index in [0.29, 0.717) is 23.2 Å². The van der Waals surface area contributed by atoms with E-state index in [2.05, 4.69) is 9.88 Å². The van der Waals surface area contributed by atoms with E-state index in [1.807, 2.05) is 12.1 Å². The fourth-order valence-corrected chi connectivity index (χ4v) is 3.95. The summed E-state index contributed by atoms with van der Waals surface area (Å²) in [7, 11) is 0. The zero-order valence-corrected chi connectivity index (χ0v) is 17.2. The topological polar surface area (TPSA) is 115 Å². The molecule has 1 aromatic carbocycles. The number of primary amides is 1. The lowest BCUT2D eigenvalue weighted by atomic mass is 10.0. The molecule has 2 aliphatic heterocycles. The van der Waals surface area contributed by atoms with Crippen LogP contribution >= 0.6 is 0 Å². The summed E-state index contributed by atoms with van der Waals surface area (Å²) in [5.41, 5.74) is 12.6. The molecule has 2 fully saturated rings. The molecular weight excluding hydrogens is 401 g/mol. The van der Waals surface area contributed by atoms with E-state index in [4.69, 9.17) is 16.2 Å². The molecule has 164 valence electrons. The van der Waals surface area contributed by atoms with Gasteiger partial charge in [0.2, 0.25) is 5.91 Å². The number of carbonyl (C=O) groups is 2. The number of amides is 2. The van der Waals surface area contributed by atoms with Gasteiger partial charge in [-0.3, -0.25) is 9.69 Å². The molecule has 0 saturated carbocycles. The Balaban J connectivity index is 1.45. The number of hydrogen-bond acceptors (Lipinski definition) is 6. The highest BCUT2D eigenvalue weighted by Crippen LogP contribution is 2.30. The Bertz CT molecular complexity index is 960. The van der Waals surface area contributed by atoms with Gasteiger partial charge in [-0.05, 0) is 49.6 Å². The van der Waals surface area contributed by atoms with Crippen LogP contribution in [0.1, 0.15) is 25.7 Å². The van der Waals surface area contributed by atoms with Crippen LogP contribution in [0.2, 0.25) is 0 Å². The molecule has 0 bridgehead atoms. The monoisotopic (exact) mass is 427 g/mol. The molecule has 8 nitrogen and oxygen atoms in total. The summed E-state index contributed by atoms with van der Waals surface area (Å²) in [6, 6.07) is 8.60. The van der Waals surface area contributed by atoms with E-state index in [-0.39, 0.29) is 19.0 Å². The van der Waals surface area contributed by atoms with Crippen LogP contribution in [0.5, 0.6) is 0 Å². The van der Waals surface area contributed by atoms with Crippen molar-refractivity contribution in [3.05, 3.63) is 42.3 Å². The SMILES string of the molecule is NC(=O)CCC1CN(c2ccc(-c3ccc(N4CCC(N)CC4)nc3)c(F)c2)C(=O)O1. The van der Waals surface area contributed by atoms with Gasteiger partial charge in [0.15, 0.2) is 0 Å². The van der Waals surface area contributed by atoms with E-state index in [0.717, 1.165) is 31.7 Å². The highest BCUT2D eigenvalue weighted by Gasteiger charge is 2.32. The molecule has 1 atom stereocenters. The summed E-state index contributed by atoms with van der Waals surface area (Å²) in [6.07, 6.45) is 3.00. The van der Waals surface area contributed by atoms with Crippen molar-refractivity contribution >= 4 is 23.5 Å². The summed E-state index contributed by atoms with van der Waals surface area (Å²) >= 11 is 0. The first-order chi connectivity index (χ1) is 14.9. The minimum atomic E-state index is -0.561. The molecule has 1 unspecified atom stereocenters. The highest BCUT2D eigenvalue weighted by molar-refractivity contribution is 5.90. The quantitative estimate of drug-likeness (QED) is 0.732. The number of cyclic esters (lactones) is 1. The predicted molar refractivity (Wildman–Crippen MR) is 115 cm³/mol. The second-order valence-corrected chi connectivity index (χ2v) is 8.02. The highest BCUT2D eigenvalue weighted by atomic mass is 19.1. The maximum absolute atomic E-state index is 14.9. The lowest BCUT2D eigenvalue weighted by Crippen LogP contribution is -2.40. The van der Waals surface area contributed by atoms with E-state index in [9.17, 15) is 14.0 Å². The molecule has 0 aliphatic carbocycles. The number of hydrogen-bond donors (Lipinski definition) is 2. The summed E-state index contributed by atoms with van der Waals surface area (Å²) < 4.78 is 20.1. The van der Waals surface area contributed by atoms with Crippen LogP contribution in [-0.4, -0.2) is 48.8 Å². The Morgan fingerprint density at radius 1 is 1.23 bits per heavy atom. The van der Waals surface area contributed by atoms with Gasteiger partial charge in [-0.1, -0.05) is 0 Å². The Labute approximate surface area is 180 Å². The zero-order chi connectivity index (χ0) is 22.0. The molecule has 9 heteroatoms. The number of aromatic nitrogens is 1. The first kappa shape index (κ1) is 21.0. The van der Waals surface area contributed by atoms with Gasteiger partial charge >= 0.3 is 6.09 Å². The van der Waals surface area contributed by atoms with Gasteiger partial charge in [0.1, 0.15) is 17.7 Å². The molecule has 0 radical (unpaired) electrons. The smallest absolute Gasteiger partial charge is 0.414 e. The minimum Gasteiger partial charge on any atom is -0.444 e. The molecule has 4 rings (SSSR count). The lowest BCUT2D eigenvalue weighted by Gasteiger charge is -2.31. The molecule has 1 aromatic heterocycles. The number of carbonyl (C=O) groups excluding carboxylic acids is 2. The number of nitrogens with zero attached hydrogens (tertiary/aromatic N) is 3. The summed E-state index contributed by atoms with van der Waals surface area (Å²) in [4.78, 5) is 31.1. The van der Waals surface area contributed by atoms with Gasteiger partial charge in [0.25, 0.3) is 0 Å². The van der Waals surface area contributed by atoms with Crippen LogP contribution in [-0.2, 0) is 9.53 Å².